The Bertz CT molecular complexity index is 2450. The van der Waals surface area contributed by atoms with Gasteiger partial charge in [0.2, 0.25) is 0 Å². The molecule has 0 bridgehead atoms. The zero-order valence-corrected chi connectivity index (χ0v) is 29.7. The fourth-order valence-corrected chi connectivity index (χ4v) is 5.81. The third kappa shape index (κ3) is 5.08. The van der Waals surface area contributed by atoms with Gasteiger partial charge in [0.15, 0.2) is 0 Å². The Hall–Kier alpha value is -5.18. The van der Waals surface area contributed by atoms with Crippen molar-refractivity contribution < 1.29 is 51.0 Å². The van der Waals surface area contributed by atoms with Crippen LogP contribution in [0.1, 0.15) is 0 Å². The first-order valence-corrected chi connectivity index (χ1v) is 14.3. The molecular formula is C34H22N10O2Pt2. The van der Waals surface area contributed by atoms with E-state index in [1.807, 2.05) is 72.0 Å². The Morgan fingerprint density at radius 2 is 1.06 bits per heavy atom. The van der Waals surface area contributed by atoms with Crippen LogP contribution >= 0.6 is 0 Å². The van der Waals surface area contributed by atoms with Gasteiger partial charge in [-0.05, 0) is 32.7 Å². The molecule has 0 N–H and O–H groups in total. The number of benzene rings is 2. The molecule has 0 radical (unpaired) electrons. The molecule has 240 valence electrons. The van der Waals surface area contributed by atoms with Crippen LogP contribution in [0.25, 0.3) is 77.9 Å². The molecule has 0 aliphatic heterocycles. The molecule has 14 heteroatoms. The molecular weight excluding hydrogens is 971 g/mol. The number of para-hydroxylation sites is 2. The summed E-state index contributed by atoms with van der Waals surface area (Å²) >= 11 is 0. The molecule has 0 atom stereocenters. The molecule has 2 aromatic carbocycles. The third-order valence-corrected chi connectivity index (χ3v) is 7.90. The molecule has 0 aliphatic rings. The maximum absolute atomic E-state index is 5.67. The summed E-state index contributed by atoms with van der Waals surface area (Å²) < 4.78 is 18.6. The van der Waals surface area contributed by atoms with Crippen molar-refractivity contribution >= 4 is 43.6 Å². The number of nitrogens with zero attached hydrogens (tertiary/aromatic N) is 10. The summed E-state index contributed by atoms with van der Waals surface area (Å²) in [5.41, 5.74) is 7.30. The number of fused-ring (bicyclic) bond motifs is 6. The van der Waals surface area contributed by atoms with E-state index in [9.17, 15) is 0 Å². The van der Waals surface area contributed by atoms with Crippen molar-refractivity contribution in [3.05, 3.63) is 111 Å². The van der Waals surface area contributed by atoms with E-state index in [0.717, 1.165) is 66.1 Å². The van der Waals surface area contributed by atoms with Gasteiger partial charge in [-0.3, -0.25) is 0 Å². The summed E-state index contributed by atoms with van der Waals surface area (Å²) in [6, 6.07) is 12.2. The number of aryl methyl sites for hydroxylation is 2. The van der Waals surface area contributed by atoms with Crippen LogP contribution in [0.15, 0.2) is 108 Å². The summed E-state index contributed by atoms with van der Waals surface area (Å²) in [7, 11) is 3.91. The monoisotopic (exact) mass is 992 g/mol. The van der Waals surface area contributed by atoms with Gasteiger partial charge in [0, 0.05) is 39.1 Å². The fourth-order valence-electron chi connectivity index (χ4n) is 5.81. The number of hydrogen-bond acceptors (Lipinski definition) is 6. The molecule has 0 amide bonds. The summed E-state index contributed by atoms with van der Waals surface area (Å²) in [5, 5.41) is 4.07. The van der Waals surface area contributed by atoms with E-state index in [2.05, 4.69) is 32.6 Å². The fraction of sp³-hybridized carbons (Fsp3) is 0.0588. The van der Waals surface area contributed by atoms with E-state index in [0.29, 0.717) is 11.8 Å². The second-order valence-corrected chi connectivity index (χ2v) is 10.9. The predicted molar refractivity (Wildman–Crippen MR) is 170 cm³/mol. The maximum Gasteiger partial charge on any atom is 2.00 e. The SMILES string of the molecule is Cn1cnc(-c2cccc3c2[n-]c2c(-n4[c-]ncc4)occ23)c1.Cn1cnc(-c2cccc3c2[n-]c2c(-n4[c-]ncc4)occ23)c1.[Pt+2].[Pt+2]. The van der Waals surface area contributed by atoms with Crippen LogP contribution in [0.5, 0.6) is 0 Å². The van der Waals surface area contributed by atoms with Crippen LogP contribution in [0.4, 0.5) is 0 Å². The van der Waals surface area contributed by atoms with Crippen LogP contribution in [-0.4, -0.2) is 38.2 Å². The number of imidazole rings is 4. The maximum atomic E-state index is 5.67. The second-order valence-electron chi connectivity index (χ2n) is 10.9. The van der Waals surface area contributed by atoms with Gasteiger partial charge in [0.05, 0.1) is 36.6 Å². The molecule has 0 spiro atoms. The quantitative estimate of drug-likeness (QED) is 0.201. The molecule has 0 saturated carbocycles. The van der Waals surface area contributed by atoms with Crippen molar-refractivity contribution in [1.82, 2.24) is 48.2 Å². The molecule has 12 nitrogen and oxygen atoms in total. The minimum absolute atomic E-state index is 0. The van der Waals surface area contributed by atoms with E-state index in [1.165, 1.54) is 0 Å². The molecule has 10 aromatic rings. The Labute approximate surface area is 301 Å². The Kier molecular flexibility index (Phi) is 8.15. The second kappa shape index (κ2) is 12.4. The summed E-state index contributed by atoms with van der Waals surface area (Å²) in [6.07, 6.45) is 23.6. The van der Waals surface area contributed by atoms with Crippen LogP contribution in [-0.2, 0) is 56.2 Å². The van der Waals surface area contributed by atoms with Gasteiger partial charge in [-0.25, -0.2) is 9.97 Å². The number of hydrogen-bond donors (Lipinski definition) is 0. The third-order valence-electron chi connectivity index (χ3n) is 7.90. The van der Waals surface area contributed by atoms with Gasteiger partial charge < -0.3 is 47.0 Å². The largest absolute Gasteiger partial charge is 2.00 e. The smallest absolute Gasteiger partial charge is 0.660 e. The molecule has 8 aromatic heterocycles. The Morgan fingerprint density at radius 1 is 0.604 bits per heavy atom. The Morgan fingerprint density at radius 3 is 1.44 bits per heavy atom. The average Bonchev–Trinajstić information content (AvgIpc) is 3.88. The van der Waals surface area contributed by atoms with Crippen LogP contribution in [0.2, 0.25) is 0 Å². The van der Waals surface area contributed by atoms with Crippen molar-refractivity contribution in [3.8, 4) is 34.3 Å². The van der Waals surface area contributed by atoms with Gasteiger partial charge in [-0.2, -0.15) is 0 Å². The topological polar surface area (TPSA) is 126 Å². The van der Waals surface area contributed by atoms with E-state index in [1.54, 1.807) is 59.1 Å². The molecule has 0 fully saturated rings. The van der Waals surface area contributed by atoms with Crippen molar-refractivity contribution in [2.75, 3.05) is 0 Å². The normalized spacial score (nSPS) is 11.2. The molecule has 0 unspecified atom stereocenters. The van der Waals surface area contributed by atoms with Gasteiger partial charge in [-0.1, -0.05) is 61.2 Å². The summed E-state index contributed by atoms with van der Waals surface area (Å²) in [6.45, 7) is 0. The molecule has 0 saturated heterocycles. The van der Waals surface area contributed by atoms with E-state index >= 15 is 0 Å². The first-order chi connectivity index (χ1) is 22.6. The van der Waals surface area contributed by atoms with Gasteiger partial charge in [0.25, 0.3) is 0 Å². The molecule has 0 aliphatic carbocycles. The van der Waals surface area contributed by atoms with Crippen molar-refractivity contribution in [2.24, 2.45) is 14.1 Å². The number of furan rings is 2. The molecule has 48 heavy (non-hydrogen) atoms. The van der Waals surface area contributed by atoms with Crippen molar-refractivity contribution in [2.45, 2.75) is 0 Å². The van der Waals surface area contributed by atoms with Gasteiger partial charge in [0.1, 0.15) is 11.8 Å². The van der Waals surface area contributed by atoms with Gasteiger partial charge >= 0.3 is 42.1 Å². The van der Waals surface area contributed by atoms with Crippen LogP contribution < -0.4 is 9.97 Å². The van der Waals surface area contributed by atoms with E-state index < -0.39 is 0 Å². The summed E-state index contributed by atoms with van der Waals surface area (Å²) in [5.74, 6) is 1.25. The van der Waals surface area contributed by atoms with Crippen LogP contribution in [0.3, 0.4) is 0 Å². The Balaban J connectivity index is 0.000000146. The van der Waals surface area contributed by atoms with E-state index in [4.69, 9.17) is 18.8 Å². The zero-order chi connectivity index (χ0) is 30.8. The van der Waals surface area contributed by atoms with Crippen molar-refractivity contribution in [3.63, 3.8) is 0 Å². The zero-order valence-electron chi connectivity index (χ0n) is 25.2. The standard InChI is InChI=1S/2C17H11N5O.2Pt/c2*1-21-7-14(19-10-21)12-4-2-3-11-13-8-23-17(16(13)20-15(11)12)22-6-5-18-9-22;;/h2*2-8,10H,1H3;;/q2*-2;2*+2. The molecule has 10 rings (SSSR count). The van der Waals surface area contributed by atoms with E-state index in [-0.39, 0.29) is 42.1 Å². The van der Waals surface area contributed by atoms with Gasteiger partial charge in [-0.15, -0.1) is 22.1 Å². The molecule has 8 heterocycles. The van der Waals surface area contributed by atoms with Crippen molar-refractivity contribution in [1.29, 1.82) is 0 Å². The number of aromatic nitrogens is 10. The first-order valence-electron chi connectivity index (χ1n) is 14.3. The van der Waals surface area contributed by atoms with Crippen LogP contribution in [0, 0.1) is 12.7 Å². The first kappa shape index (κ1) is 31.4. The minimum atomic E-state index is 0. The summed E-state index contributed by atoms with van der Waals surface area (Å²) in [4.78, 5) is 26.4. The predicted octanol–water partition coefficient (Wildman–Crippen LogP) is 5.85. The minimum Gasteiger partial charge on any atom is -0.660 e. The number of rotatable bonds is 4. The average molecular weight is 993 g/mol.